The summed E-state index contributed by atoms with van der Waals surface area (Å²) in [6.45, 7) is 1.30. The van der Waals surface area contributed by atoms with Crippen LogP contribution in [0.3, 0.4) is 0 Å². The molecule has 0 aliphatic carbocycles. The summed E-state index contributed by atoms with van der Waals surface area (Å²) in [5.74, 6) is 0.455. The predicted molar refractivity (Wildman–Crippen MR) is 137 cm³/mol. The zero-order chi connectivity index (χ0) is 25.5. The number of nitrogens with one attached hydrogen (secondary N) is 1. The fraction of sp³-hybridized carbons (Fsp3) is 0.231. The second-order valence-electron chi connectivity index (χ2n) is 7.83. The van der Waals surface area contributed by atoms with Crippen molar-refractivity contribution in [2.75, 3.05) is 19.3 Å². The number of methoxy groups -OCH3 is 1. The van der Waals surface area contributed by atoms with Crippen molar-refractivity contribution < 1.29 is 23.5 Å². The van der Waals surface area contributed by atoms with Gasteiger partial charge in [-0.05, 0) is 54.4 Å². The minimum Gasteiger partial charge on any atom is -0.493 e. The van der Waals surface area contributed by atoms with Crippen molar-refractivity contribution in [3.63, 3.8) is 0 Å². The van der Waals surface area contributed by atoms with Crippen LogP contribution in [0.15, 0.2) is 72.1 Å². The van der Waals surface area contributed by atoms with Gasteiger partial charge in [-0.25, -0.2) is 9.40 Å². The summed E-state index contributed by atoms with van der Waals surface area (Å²) < 4.78 is 23.0. The van der Waals surface area contributed by atoms with Gasteiger partial charge in [-0.2, -0.15) is 5.10 Å². The van der Waals surface area contributed by atoms with Crippen molar-refractivity contribution in [1.82, 2.24) is 9.99 Å². The van der Waals surface area contributed by atoms with Gasteiger partial charge in [-0.1, -0.05) is 30.8 Å². The Morgan fingerprint density at radius 3 is 2.53 bits per heavy atom. The first-order valence-corrected chi connectivity index (χ1v) is 12.1. The molecule has 1 aliphatic heterocycles. The summed E-state index contributed by atoms with van der Waals surface area (Å²) in [6, 6.07) is 15.7. The van der Waals surface area contributed by atoms with Crippen molar-refractivity contribution in [1.29, 1.82) is 0 Å². The van der Waals surface area contributed by atoms with E-state index in [9.17, 15) is 14.0 Å². The molecule has 1 unspecified atom stereocenters. The molecule has 1 aliphatic rings. The molecule has 0 saturated heterocycles. The van der Waals surface area contributed by atoms with Crippen LogP contribution in [0.1, 0.15) is 34.8 Å². The van der Waals surface area contributed by atoms with Crippen LogP contribution in [-0.2, 0) is 6.54 Å². The number of nitrogens with zero attached hydrogens (tertiary/aromatic N) is 3. The van der Waals surface area contributed by atoms with Gasteiger partial charge in [0.15, 0.2) is 11.5 Å². The number of halogens is 1. The first-order valence-electron chi connectivity index (χ1n) is 11.3. The highest BCUT2D eigenvalue weighted by Gasteiger charge is 2.30. The summed E-state index contributed by atoms with van der Waals surface area (Å²) in [5.41, 5.74) is 3.50. The third-order valence-corrected chi connectivity index (χ3v) is 6.77. The fourth-order valence-corrected chi connectivity index (χ4v) is 4.60. The van der Waals surface area contributed by atoms with E-state index in [0.29, 0.717) is 29.2 Å². The smallest absolute Gasteiger partial charge is 0.302 e. The molecular weight excluding hydrogens is 483 g/mol. The summed E-state index contributed by atoms with van der Waals surface area (Å²) in [5, 5.41) is 8.67. The number of benzene rings is 2. The topological polar surface area (TPSA) is 93.1 Å². The van der Waals surface area contributed by atoms with E-state index in [0.717, 1.165) is 16.8 Å². The van der Waals surface area contributed by atoms with Crippen molar-refractivity contribution in [3.05, 3.63) is 83.7 Å². The van der Waals surface area contributed by atoms with Crippen LogP contribution in [0.25, 0.3) is 0 Å². The van der Waals surface area contributed by atoms with E-state index in [4.69, 9.17) is 9.47 Å². The van der Waals surface area contributed by atoms with Crippen LogP contribution in [-0.4, -0.2) is 46.1 Å². The molecule has 186 valence electrons. The number of alkyl halides is 1. The van der Waals surface area contributed by atoms with E-state index in [1.165, 1.54) is 23.9 Å². The molecule has 1 atom stereocenters. The molecule has 36 heavy (non-hydrogen) atoms. The molecule has 3 aromatic rings. The third-order valence-electron chi connectivity index (χ3n) is 5.51. The van der Waals surface area contributed by atoms with Gasteiger partial charge in [-0.15, -0.1) is 0 Å². The summed E-state index contributed by atoms with van der Waals surface area (Å²) in [7, 11) is 1.48. The average Bonchev–Trinajstić information content (AvgIpc) is 2.91. The number of hydrogen-bond donors (Lipinski definition) is 1. The number of aromatic nitrogens is 1. The van der Waals surface area contributed by atoms with Gasteiger partial charge in [0, 0.05) is 29.2 Å². The van der Waals surface area contributed by atoms with Crippen molar-refractivity contribution in [2.45, 2.75) is 25.1 Å². The molecule has 0 fully saturated rings. The highest BCUT2D eigenvalue weighted by molar-refractivity contribution is 8.14. The van der Waals surface area contributed by atoms with Crippen LogP contribution >= 0.6 is 11.8 Å². The highest BCUT2D eigenvalue weighted by Crippen LogP contribution is 2.34. The Hall–Kier alpha value is -3.92. The zero-order valence-corrected chi connectivity index (χ0v) is 20.6. The van der Waals surface area contributed by atoms with E-state index >= 15 is 0 Å². The average molecular weight is 509 g/mol. The Morgan fingerprint density at radius 2 is 1.86 bits per heavy atom. The van der Waals surface area contributed by atoms with Gasteiger partial charge < -0.3 is 14.8 Å². The third kappa shape index (κ3) is 5.83. The first-order chi connectivity index (χ1) is 17.5. The van der Waals surface area contributed by atoms with E-state index in [-0.39, 0.29) is 22.9 Å². The minimum atomic E-state index is -0.960. The molecule has 1 N–H and O–H groups in total. The maximum Gasteiger partial charge on any atom is 0.302 e. The summed E-state index contributed by atoms with van der Waals surface area (Å²) >= 11 is 1.22. The highest BCUT2D eigenvalue weighted by atomic mass is 32.2. The lowest BCUT2D eigenvalue weighted by Crippen LogP contribution is -2.34. The maximum absolute atomic E-state index is 12.8. The number of hydrogen-bond acceptors (Lipinski definition) is 7. The lowest BCUT2D eigenvalue weighted by Gasteiger charge is -2.28. The van der Waals surface area contributed by atoms with E-state index < -0.39 is 6.86 Å². The Balaban J connectivity index is 1.52. The van der Waals surface area contributed by atoms with Crippen molar-refractivity contribution >= 4 is 34.3 Å². The van der Waals surface area contributed by atoms with Crippen LogP contribution < -0.4 is 14.8 Å². The number of amides is 2. The second-order valence-corrected chi connectivity index (χ2v) is 8.98. The van der Waals surface area contributed by atoms with E-state index in [1.807, 2.05) is 19.1 Å². The number of carbonyl (C=O) groups is 2. The van der Waals surface area contributed by atoms with Crippen LogP contribution in [0.2, 0.25) is 0 Å². The quantitative estimate of drug-likeness (QED) is 0.410. The van der Waals surface area contributed by atoms with Gasteiger partial charge in [-0.3, -0.25) is 14.6 Å². The lowest BCUT2D eigenvalue weighted by molar-refractivity contribution is 0.102. The molecule has 0 spiro atoms. The van der Waals surface area contributed by atoms with Gasteiger partial charge in [0.1, 0.15) is 0 Å². The molecule has 0 radical (unpaired) electrons. The molecule has 4 rings (SSSR count). The zero-order valence-electron chi connectivity index (χ0n) is 19.8. The number of carbonyl (C=O) groups excluding carboxylic acids is 2. The Labute approximate surface area is 212 Å². The number of anilines is 1. The number of rotatable bonds is 9. The minimum absolute atomic E-state index is 0.128. The number of hydrazone groups is 1. The largest absolute Gasteiger partial charge is 0.493 e. The SMILES string of the molecule is CCC1SC(=O)N(Cc2ccc(NC(=O)c3ccncc3)cc2)N=C1c1ccc(OCF)c(OC)c1. The van der Waals surface area contributed by atoms with Crippen LogP contribution in [0, 0.1) is 0 Å². The van der Waals surface area contributed by atoms with Crippen molar-refractivity contribution in [2.24, 2.45) is 5.10 Å². The summed E-state index contributed by atoms with van der Waals surface area (Å²) in [6.07, 6.45) is 3.83. The lowest BCUT2D eigenvalue weighted by atomic mass is 10.0. The molecule has 1 aromatic heterocycles. The van der Waals surface area contributed by atoms with Gasteiger partial charge in [0.25, 0.3) is 5.91 Å². The Bertz CT molecular complexity index is 1250. The van der Waals surface area contributed by atoms with Gasteiger partial charge in [0.05, 0.1) is 24.6 Å². The molecule has 0 bridgehead atoms. The first kappa shape index (κ1) is 25.2. The second kappa shape index (κ2) is 11.7. The van der Waals surface area contributed by atoms with E-state index in [2.05, 4.69) is 15.4 Å². The standard InChI is InChI=1S/C26H25FN4O4S/c1-3-23-24(19-6-9-21(35-16-27)22(14-19)34-2)30-31(26(33)36-23)15-17-4-7-20(8-5-17)29-25(32)18-10-12-28-13-11-18/h4-14,23H,3,15-16H2,1-2H3,(H,29,32). The molecule has 2 heterocycles. The van der Waals surface area contributed by atoms with Crippen molar-refractivity contribution in [3.8, 4) is 11.5 Å². The maximum atomic E-state index is 12.8. The monoisotopic (exact) mass is 508 g/mol. The fourth-order valence-electron chi connectivity index (χ4n) is 3.67. The summed E-state index contributed by atoms with van der Waals surface area (Å²) in [4.78, 5) is 29.1. The molecule has 2 amide bonds. The predicted octanol–water partition coefficient (Wildman–Crippen LogP) is 5.50. The van der Waals surface area contributed by atoms with E-state index in [1.54, 1.807) is 54.9 Å². The van der Waals surface area contributed by atoms with Gasteiger partial charge in [0.2, 0.25) is 6.86 Å². The molecule has 2 aromatic carbocycles. The number of thioether (sulfide) groups is 1. The molecule has 10 heteroatoms. The molecule has 0 saturated carbocycles. The Morgan fingerprint density at radius 1 is 1.11 bits per heavy atom. The molecule has 8 nitrogen and oxygen atoms in total. The van der Waals surface area contributed by atoms with Crippen LogP contribution in [0.4, 0.5) is 14.9 Å². The van der Waals surface area contributed by atoms with Gasteiger partial charge >= 0.3 is 5.24 Å². The number of ether oxygens (including phenoxy) is 2. The normalized spacial score (nSPS) is 15.3. The van der Waals surface area contributed by atoms with Crippen LogP contribution in [0.5, 0.6) is 11.5 Å². The Kier molecular flexibility index (Phi) is 8.17. The molecular formula is C26H25FN4O4S. The number of pyridine rings is 1.